The van der Waals surface area contributed by atoms with Crippen molar-refractivity contribution in [3.8, 4) is 0 Å². The fraction of sp³-hybridized carbons (Fsp3) is 0.667. The minimum Gasteiger partial charge on any atom is -0.311 e. The Labute approximate surface area is 127 Å². The molecular formula is C18H27FN2. The van der Waals surface area contributed by atoms with E-state index < -0.39 is 0 Å². The van der Waals surface area contributed by atoms with Gasteiger partial charge in [-0.2, -0.15) is 0 Å². The zero-order valence-corrected chi connectivity index (χ0v) is 13.5. The van der Waals surface area contributed by atoms with E-state index in [0.29, 0.717) is 6.04 Å². The van der Waals surface area contributed by atoms with Gasteiger partial charge in [-0.3, -0.25) is 4.90 Å². The van der Waals surface area contributed by atoms with E-state index >= 15 is 0 Å². The van der Waals surface area contributed by atoms with Crippen molar-refractivity contribution in [2.45, 2.75) is 58.2 Å². The highest BCUT2D eigenvalue weighted by molar-refractivity contribution is 5.27. The van der Waals surface area contributed by atoms with Crippen molar-refractivity contribution in [3.05, 3.63) is 35.1 Å². The van der Waals surface area contributed by atoms with Crippen molar-refractivity contribution in [1.29, 1.82) is 0 Å². The van der Waals surface area contributed by atoms with Gasteiger partial charge >= 0.3 is 0 Å². The molecule has 0 radical (unpaired) electrons. The highest BCUT2D eigenvalue weighted by Crippen LogP contribution is 2.37. The molecule has 2 fully saturated rings. The maximum absolute atomic E-state index is 13.6. The van der Waals surface area contributed by atoms with Crippen LogP contribution >= 0.6 is 0 Å². The van der Waals surface area contributed by atoms with E-state index in [1.165, 1.54) is 18.4 Å². The Balaban J connectivity index is 1.79. The summed E-state index contributed by atoms with van der Waals surface area (Å²) in [6, 6.07) is 5.79. The summed E-state index contributed by atoms with van der Waals surface area (Å²) < 4.78 is 13.6. The molecule has 1 saturated carbocycles. The zero-order valence-electron chi connectivity index (χ0n) is 13.5. The van der Waals surface area contributed by atoms with Gasteiger partial charge in [-0.05, 0) is 62.3 Å². The molecule has 2 unspecified atom stereocenters. The summed E-state index contributed by atoms with van der Waals surface area (Å²) in [5, 5.41) is 3.75. The second kappa shape index (κ2) is 5.69. The molecule has 1 aromatic carbocycles. The number of halogens is 1. The summed E-state index contributed by atoms with van der Waals surface area (Å²) >= 11 is 0. The van der Waals surface area contributed by atoms with Crippen molar-refractivity contribution in [1.82, 2.24) is 10.2 Å². The monoisotopic (exact) mass is 290 g/mol. The van der Waals surface area contributed by atoms with Crippen molar-refractivity contribution in [2.24, 2.45) is 5.92 Å². The molecule has 1 N–H and O–H groups in total. The topological polar surface area (TPSA) is 15.3 Å². The van der Waals surface area contributed by atoms with Gasteiger partial charge in [-0.1, -0.05) is 13.0 Å². The van der Waals surface area contributed by atoms with Crippen LogP contribution in [0.5, 0.6) is 0 Å². The normalized spacial score (nSPS) is 30.6. The average molecular weight is 290 g/mol. The van der Waals surface area contributed by atoms with Crippen LogP contribution in [0.25, 0.3) is 0 Å². The summed E-state index contributed by atoms with van der Waals surface area (Å²) in [6.07, 6.45) is 3.85. The molecule has 0 bridgehead atoms. The minimum atomic E-state index is -0.123. The first-order valence-electron chi connectivity index (χ1n) is 8.25. The largest absolute Gasteiger partial charge is 0.311 e. The molecule has 3 heteroatoms. The second-order valence-corrected chi connectivity index (χ2v) is 7.13. The maximum atomic E-state index is 13.6. The molecule has 1 aromatic rings. The number of benzene rings is 1. The molecule has 2 nitrogen and oxygen atoms in total. The lowest BCUT2D eigenvalue weighted by Gasteiger charge is -2.48. The zero-order chi connectivity index (χ0) is 15.0. The molecule has 1 aliphatic heterocycles. The molecule has 1 aliphatic carbocycles. The summed E-state index contributed by atoms with van der Waals surface area (Å²) in [7, 11) is 0. The highest BCUT2D eigenvalue weighted by Gasteiger charge is 2.41. The SMILES string of the molecule is CCC1(C)CNC(C2CC2)CN1Cc1cc(F)ccc1C. The van der Waals surface area contributed by atoms with Gasteiger partial charge in [0.15, 0.2) is 0 Å². The minimum absolute atomic E-state index is 0.123. The quantitative estimate of drug-likeness (QED) is 0.913. The van der Waals surface area contributed by atoms with E-state index in [0.717, 1.165) is 37.5 Å². The molecule has 3 rings (SSSR count). The van der Waals surface area contributed by atoms with Crippen molar-refractivity contribution < 1.29 is 4.39 Å². The van der Waals surface area contributed by atoms with Crippen LogP contribution in [0.4, 0.5) is 4.39 Å². The number of piperazine rings is 1. The lowest BCUT2D eigenvalue weighted by molar-refractivity contribution is 0.0367. The fourth-order valence-electron chi connectivity index (χ4n) is 3.42. The third-order valence-corrected chi connectivity index (χ3v) is 5.55. The van der Waals surface area contributed by atoms with Crippen LogP contribution in [-0.2, 0) is 6.54 Å². The number of hydrogen-bond acceptors (Lipinski definition) is 2. The number of rotatable bonds is 4. The molecule has 21 heavy (non-hydrogen) atoms. The summed E-state index contributed by atoms with van der Waals surface area (Å²) in [5.74, 6) is 0.741. The Kier molecular flexibility index (Phi) is 4.06. The lowest BCUT2D eigenvalue weighted by Crippen LogP contribution is -2.63. The molecule has 1 heterocycles. The van der Waals surface area contributed by atoms with Gasteiger partial charge in [-0.15, -0.1) is 0 Å². The molecule has 116 valence electrons. The number of nitrogens with one attached hydrogen (secondary N) is 1. The van der Waals surface area contributed by atoms with Gasteiger partial charge in [0.05, 0.1) is 0 Å². The summed E-state index contributed by atoms with van der Waals surface area (Å²) in [6.45, 7) is 9.66. The first kappa shape index (κ1) is 15.0. The Hall–Kier alpha value is -0.930. The van der Waals surface area contributed by atoms with Gasteiger partial charge in [0.2, 0.25) is 0 Å². The summed E-state index contributed by atoms with van der Waals surface area (Å²) in [5.41, 5.74) is 2.49. The van der Waals surface area contributed by atoms with Crippen LogP contribution in [0.1, 0.15) is 44.2 Å². The molecule has 0 spiro atoms. The molecule has 1 saturated heterocycles. The van der Waals surface area contributed by atoms with Gasteiger partial charge in [0.1, 0.15) is 5.82 Å². The van der Waals surface area contributed by atoms with E-state index in [1.807, 2.05) is 6.07 Å². The number of hydrogen-bond donors (Lipinski definition) is 1. The first-order chi connectivity index (χ1) is 10.0. The van der Waals surface area contributed by atoms with E-state index in [1.54, 1.807) is 12.1 Å². The average Bonchev–Trinajstić information content (AvgIpc) is 3.30. The van der Waals surface area contributed by atoms with E-state index in [9.17, 15) is 4.39 Å². The third-order valence-electron chi connectivity index (χ3n) is 5.55. The molecule has 0 aromatic heterocycles. The maximum Gasteiger partial charge on any atom is 0.123 e. The van der Waals surface area contributed by atoms with Crippen molar-refractivity contribution in [2.75, 3.05) is 13.1 Å². The molecule has 2 atom stereocenters. The number of nitrogens with zero attached hydrogens (tertiary/aromatic N) is 1. The van der Waals surface area contributed by atoms with Gasteiger partial charge in [-0.25, -0.2) is 4.39 Å². The van der Waals surface area contributed by atoms with Crippen LogP contribution < -0.4 is 5.32 Å². The van der Waals surface area contributed by atoms with E-state index in [2.05, 4.69) is 31.0 Å². The smallest absolute Gasteiger partial charge is 0.123 e. The van der Waals surface area contributed by atoms with Gasteiger partial charge in [0, 0.05) is 31.2 Å². The fourth-order valence-corrected chi connectivity index (χ4v) is 3.42. The van der Waals surface area contributed by atoms with Crippen molar-refractivity contribution >= 4 is 0 Å². The number of aryl methyl sites for hydroxylation is 1. The van der Waals surface area contributed by atoms with E-state index in [4.69, 9.17) is 0 Å². The standard InChI is InChI=1S/C18H27FN2/c1-4-18(3)12-20-17(14-6-7-14)11-21(18)10-15-9-16(19)8-5-13(15)2/h5,8-9,14,17,20H,4,6-7,10-12H2,1-3H3. The summed E-state index contributed by atoms with van der Waals surface area (Å²) in [4.78, 5) is 2.58. The Morgan fingerprint density at radius 3 is 2.81 bits per heavy atom. The van der Waals surface area contributed by atoms with Crippen LogP contribution in [0, 0.1) is 18.7 Å². The Morgan fingerprint density at radius 2 is 2.14 bits per heavy atom. The van der Waals surface area contributed by atoms with Gasteiger partial charge in [0.25, 0.3) is 0 Å². The Morgan fingerprint density at radius 1 is 1.38 bits per heavy atom. The second-order valence-electron chi connectivity index (χ2n) is 7.13. The highest BCUT2D eigenvalue weighted by atomic mass is 19.1. The molecule has 2 aliphatic rings. The van der Waals surface area contributed by atoms with Crippen LogP contribution in [-0.4, -0.2) is 29.6 Å². The molecular weight excluding hydrogens is 263 g/mol. The predicted molar refractivity (Wildman–Crippen MR) is 84.8 cm³/mol. The van der Waals surface area contributed by atoms with Crippen LogP contribution in [0.2, 0.25) is 0 Å². The van der Waals surface area contributed by atoms with Crippen LogP contribution in [0.15, 0.2) is 18.2 Å². The van der Waals surface area contributed by atoms with Crippen molar-refractivity contribution in [3.63, 3.8) is 0 Å². The Bertz CT molecular complexity index is 512. The third kappa shape index (κ3) is 3.14. The first-order valence-corrected chi connectivity index (χ1v) is 8.25. The van der Waals surface area contributed by atoms with Gasteiger partial charge < -0.3 is 5.32 Å². The van der Waals surface area contributed by atoms with Crippen LogP contribution in [0.3, 0.4) is 0 Å². The van der Waals surface area contributed by atoms with E-state index in [-0.39, 0.29) is 11.4 Å². The predicted octanol–water partition coefficient (Wildman–Crippen LogP) is 3.49. The molecule has 0 amide bonds. The lowest BCUT2D eigenvalue weighted by atomic mass is 9.90.